The van der Waals surface area contributed by atoms with E-state index >= 15 is 0 Å². The molecule has 0 aliphatic carbocycles. The van der Waals surface area contributed by atoms with Crippen molar-refractivity contribution in [2.45, 2.75) is 18.5 Å². The standard InChI is InChI=1S/C8H4ClF5IN/c9-1-4-5(7(10)11)6(8(12,13)14)3(15)2-16-4/h2,7H,1H2. The number of hydrogen-bond donors (Lipinski definition) is 0. The molecule has 0 fully saturated rings. The Morgan fingerprint density at radius 3 is 2.31 bits per heavy atom. The summed E-state index contributed by atoms with van der Waals surface area (Å²) in [4.78, 5) is 3.47. The first-order chi connectivity index (χ1) is 7.29. The molecular formula is C8H4ClF5IN. The van der Waals surface area contributed by atoms with Gasteiger partial charge in [-0.25, -0.2) is 8.78 Å². The third-order valence-corrected chi connectivity index (χ3v) is 2.85. The fourth-order valence-electron chi connectivity index (χ4n) is 1.17. The molecule has 1 heterocycles. The molecule has 0 atom stereocenters. The lowest BCUT2D eigenvalue weighted by Crippen LogP contribution is -2.15. The Kier molecular flexibility index (Phi) is 4.33. The van der Waals surface area contributed by atoms with E-state index in [9.17, 15) is 22.0 Å². The number of nitrogens with zero attached hydrogens (tertiary/aromatic N) is 1. The van der Waals surface area contributed by atoms with Gasteiger partial charge in [0.25, 0.3) is 6.43 Å². The molecule has 0 aliphatic rings. The molecule has 8 heteroatoms. The van der Waals surface area contributed by atoms with E-state index in [1.807, 2.05) is 0 Å². The van der Waals surface area contributed by atoms with Crippen LogP contribution in [0.15, 0.2) is 6.20 Å². The predicted molar refractivity (Wildman–Crippen MR) is 56.5 cm³/mol. The van der Waals surface area contributed by atoms with Crippen molar-refractivity contribution in [3.05, 3.63) is 26.6 Å². The minimum atomic E-state index is -4.84. The molecule has 1 aromatic heterocycles. The van der Waals surface area contributed by atoms with Crippen molar-refractivity contribution < 1.29 is 22.0 Å². The van der Waals surface area contributed by atoms with Crippen molar-refractivity contribution >= 4 is 34.2 Å². The molecule has 0 spiro atoms. The summed E-state index contributed by atoms with van der Waals surface area (Å²) in [6.07, 6.45) is -7.22. The second-order valence-electron chi connectivity index (χ2n) is 2.77. The largest absolute Gasteiger partial charge is 0.418 e. The number of pyridine rings is 1. The van der Waals surface area contributed by atoms with E-state index < -0.39 is 35.3 Å². The minimum Gasteiger partial charge on any atom is -0.258 e. The van der Waals surface area contributed by atoms with Crippen molar-refractivity contribution in [2.75, 3.05) is 0 Å². The fraction of sp³-hybridized carbons (Fsp3) is 0.375. The van der Waals surface area contributed by atoms with Gasteiger partial charge >= 0.3 is 6.18 Å². The first-order valence-corrected chi connectivity index (χ1v) is 5.49. The van der Waals surface area contributed by atoms with E-state index in [2.05, 4.69) is 4.98 Å². The minimum absolute atomic E-state index is 0.366. The molecule has 1 rings (SSSR count). The normalized spacial score (nSPS) is 12.2. The van der Waals surface area contributed by atoms with Crippen LogP contribution in [0.3, 0.4) is 0 Å². The lowest BCUT2D eigenvalue weighted by Gasteiger charge is -2.16. The molecule has 0 unspecified atom stereocenters. The highest BCUT2D eigenvalue weighted by Crippen LogP contribution is 2.40. The molecule has 1 nitrogen and oxygen atoms in total. The van der Waals surface area contributed by atoms with Crippen LogP contribution in [0.2, 0.25) is 0 Å². The van der Waals surface area contributed by atoms with E-state index in [4.69, 9.17) is 11.6 Å². The molecule has 0 aliphatic heterocycles. The molecule has 0 saturated heterocycles. The second kappa shape index (κ2) is 4.99. The Bertz CT molecular complexity index is 393. The zero-order chi connectivity index (χ0) is 12.5. The van der Waals surface area contributed by atoms with Crippen molar-refractivity contribution in [1.29, 1.82) is 0 Å². The Morgan fingerprint density at radius 2 is 1.94 bits per heavy atom. The van der Waals surface area contributed by atoms with Gasteiger partial charge in [0.15, 0.2) is 0 Å². The molecule has 16 heavy (non-hydrogen) atoms. The third kappa shape index (κ3) is 2.73. The summed E-state index contributed by atoms with van der Waals surface area (Å²) < 4.78 is 62.5. The van der Waals surface area contributed by atoms with Crippen LogP contribution in [0.1, 0.15) is 23.2 Å². The molecule has 0 aromatic carbocycles. The third-order valence-electron chi connectivity index (χ3n) is 1.78. The van der Waals surface area contributed by atoms with Gasteiger partial charge in [0.05, 0.1) is 22.7 Å². The Balaban J connectivity index is 3.55. The number of hydrogen-bond acceptors (Lipinski definition) is 1. The van der Waals surface area contributed by atoms with Crippen LogP contribution in [0, 0.1) is 3.57 Å². The van der Waals surface area contributed by atoms with E-state index in [-0.39, 0.29) is 3.57 Å². The van der Waals surface area contributed by atoms with E-state index in [1.165, 1.54) is 22.6 Å². The van der Waals surface area contributed by atoms with Gasteiger partial charge in [-0.3, -0.25) is 4.98 Å². The van der Waals surface area contributed by atoms with Crippen LogP contribution in [0.4, 0.5) is 22.0 Å². The molecule has 1 aromatic rings. The van der Waals surface area contributed by atoms with Gasteiger partial charge in [-0.15, -0.1) is 11.6 Å². The quantitative estimate of drug-likeness (QED) is 0.427. The van der Waals surface area contributed by atoms with Gasteiger partial charge in [0.2, 0.25) is 0 Å². The number of rotatable bonds is 2. The van der Waals surface area contributed by atoms with E-state index in [1.54, 1.807) is 0 Å². The van der Waals surface area contributed by atoms with Crippen LogP contribution < -0.4 is 0 Å². The molecule has 0 saturated carbocycles. The number of halogens is 7. The first-order valence-electron chi connectivity index (χ1n) is 3.87. The first kappa shape index (κ1) is 13.9. The lowest BCUT2D eigenvalue weighted by molar-refractivity contribution is -0.140. The Labute approximate surface area is 106 Å². The number of aromatic nitrogens is 1. The highest BCUT2D eigenvalue weighted by Gasteiger charge is 2.39. The maximum Gasteiger partial charge on any atom is 0.418 e. The van der Waals surface area contributed by atoms with Crippen molar-refractivity contribution in [3.63, 3.8) is 0 Å². The summed E-state index contributed by atoms with van der Waals surface area (Å²) in [6, 6.07) is 0. The average molecular weight is 371 g/mol. The van der Waals surface area contributed by atoms with Crippen LogP contribution in [-0.2, 0) is 12.1 Å². The summed E-state index contributed by atoms with van der Waals surface area (Å²) in [6.45, 7) is 0. The summed E-state index contributed by atoms with van der Waals surface area (Å²) >= 11 is 6.60. The predicted octanol–water partition coefficient (Wildman–Crippen LogP) is 4.38. The van der Waals surface area contributed by atoms with Gasteiger partial charge in [-0.1, -0.05) is 0 Å². The van der Waals surface area contributed by atoms with Gasteiger partial charge < -0.3 is 0 Å². The molecule has 0 radical (unpaired) electrons. The maximum absolute atomic E-state index is 12.6. The smallest absolute Gasteiger partial charge is 0.258 e. The second-order valence-corrected chi connectivity index (χ2v) is 4.20. The molecule has 0 bridgehead atoms. The Morgan fingerprint density at radius 1 is 1.38 bits per heavy atom. The number of alkyl halides is 6. The van der Waals surface area contributed by atoms with E-state index in [0.717, 1.165) is 6.20 Å². The summed E-state index contributed by atoms with van der Waals surface area (Å²) in [5.41, 5.74) is -2.92. The lowest BCUT2D eigenvalue weighted by atomic mass is 10.1. The SMILES string of the molecule is FC(F)c1c(CCl)ncc(I)c1C(F)(F)F. The monoisotopic (exact) mass is 371 g/mol. The zero-order valence-electron chi connectivity index (χ0n) is 7.45. The molecular weight excluding hydrogens is 367 g/mol. The van der Waals surface area contributed by atoms with Crippen LogP contribution in [0.5, 0.6) is 0 Å². The fourth-order valence-corrected chi connectivity index (χ4v) is 2.12. The van der Waals surface area contributed by atoms with Gasteiger partial charge in [0, 0.05) is 9.77 Å². The van der Waals surface area contributed by atoms with Gasteiger partial charge in [-0.05, 0) is 22.6 Å². The van der Waals surface area contributed by atoms with Crippen LogP contribution in [0.25, 0.3) is 0 Å². The summed E-state index contributed by atoms with van der Waals surface area (Å²) in [5, 5.41) is 0. The van der Waals surface area contributed by atoms with Gasteiger partial charge in [0.1, 0.15) is 0 Å². The molecule has 0 amide bonds. The maximum atomic E-state index is 12.6. The van der Waals surface area contributed by atoms with Crippen LogP contribution >= 0.6 is 34.2 Å². The molecule has 90 valence electrons. The molecule has 0 N–H and O–H groups in total. The highest BCUT2D eigenvalue weighted by molar-refractivity contribution is 14.1. The summed E-state index contributed by atoms with van der Waals surface area (Å²) in [5.74, 6) is -0.486. The topological polar surface area (TPSA) is 12.9 Å². The average Bonchev–Trinajstić information content (AvgIpc) is 2.15. The summed E-state index contributed by atoms with van der Waals surface area (Å²) in [7, 11) is 0. The Hall–Kier alpha value is -0.180. The highest BCUT2D eigenvalue weighted by atomic mass is 127. The van der Waals surface area contributed by atoms with Crippen molar-refractivity contribution in [3.8, 4) is 0 Å². The van der Waals surface area contributed by atoms with Crippen LogP contribution in [-0.4, -0.2) is 4.98 Å². The van der Waals surface area contributed by atoms with Crippen molar-refractivity contribution in [2.24, 2.45) is 0 Å². The zero-order valence-corrected chi connectivity index (χ0v) is 10.4. The van der Waals surface area contributed by atoms with E-state index in [0.29, 0.717) is 0 Å². The van der Waals surface area contributed by atoms with Crippen molar-refractivity contribution in [1.82, 2.24) is 4.98 Å². The van der Waals surface area contributed by atoms with Gasteiger partial charge in [-0.2, -0.15) is 13.2 Å².